The van der Waals surface area contributed by atoms with Gasteiger partial charge in [-0.15, -0.1) is 0 Å². The molecule has 0 heterocycles. The van der Waals surface area contributed by atoms with E-state index in [-0.39, 0.29) is 24.5 Å². The van der Waals surface area contributed by atoms with Crippen molar-refractivity contribution in [2.45, 2.75) is 52.0 Å². The number of carbonyl (C=O) groups is 1. The van der Waals surface area contributed by atoms with E-state index in [0.717, 1.165) is 12.8 Å². The van der Waals surface area contributed by atoms with Crippen LogP contribution in [-0.4, -0.2) is 23.7 Å². The summed E-state index contributed by atoms with van der Waals surface area (Å²) in [6.45, 7) is 4.24. The van der Waals surface area contributed by atoms with Crippen LogP contribution in [0.15, 0.2) is 0 Å². The van der Waals surface area contributed by atoms with E-state index in [1.54, 1.807) is 0 Å². The lowest BCUT2D eigenvalue weighted by Gasteiger charge is -2.19. The first-order valence-electron chi connectivity index (χ1n) is 6.10. The van der Waals surface area contributed by atoms with Crippen LogP contribution in [0.4, 0.5) is 0 Å². The van der Waals surface area contributed by atoms with E-state index in [9.17, 15) is 4.79 Å². The van der Waals surface area contributed by atoms with E-state index in [1.807, 2.05) is 6.92 Å². The maximum atomic E-state index is 11.8. The van der Waals surface area contributed by atoms with E-state index in [4.69, 9.17) is 5.11 Å². The SMILES string of the molecule is CCCC(C)C(=O)NC(CCO)C1CC1. The van der Waals surface area contributed by atoms with Gasteiger partial charge in [0.1, 0.15) is 0 Å². The van der Waals surface area contributed by atoms with Gasteiger partial charge in [-0.2, -0.15) is 0 Å². The molecule has 0 spiro atoms. The molecular formula is C12H23NO2. The van der Waals surface area contributed by atoms with Crippen molar-refractivity contribution in [3.63, 3.8) is 0 Å². The first-order valence-corrected chi connectivity index (χ1v) is 6.10. The van der Waals surface area contributed by atoms with Gasteiger partial charge in [0.25, 0.3) is 0 Å². The summed E-state index contributed by atoms with van der Waals surface area (Å²) in [6.07, 6.45) is 5.10. The Kier molecular flexibility index (Phi) is 5.09. The lowest BCUT2D eigenvalue weighted by atomic mass is 10.0. The molecule has 1 saturated carbocycles. The van der Waals surface area contributed by atoms with Gasteiger partial charge >= 0.3 is 0 Å². The molecule has 1 aliphatic rings. The van der Waals surface area contributed by atoms with Crippen LogP contribution >= 0.6 is 0 Å². The molecule has 0 aliphatic heterocycles. The van der Waals surface area contributed by atoms with E-state index in [2.05, 4.69) is 12.2 Å². The molecular weight excluding hydrogens is 190 g/mol. The van der Waals surface area contributed by atoms with Crippen molar-refractivity contribution >= 4 is 5.91 Å². The zero-order valence-corrected chi connectivity index (χ0v) is 9.83. The van der Waals surface area contributed by atoms with Gasteiger partial charge in [0, 0.05) is 18.6 Å². The third kappa shape index (κ3) is 4.20. The zero-order valence-electron chi connectivity index (χ0n) is 9.83. The summed E-state index contributed by atoms with van der Waals surface area (Å²) < 4.78 is 0. The minimum Gasteiger partial charge on any atom is -0.396 e. The minimum atomic E-state index is 0.106. The zero-order chi connectivity index (χ0) is 11.3. The van der Waals surface area contributed by atoms with Crippen LogP contribution in [0, 0.1) is 11.8 Å². The third-order valence-corrected chi connectivity index (χ3v) is 3.13. The van der Waals surface area contributed by atoms with Crippen LogP contribution in [0.3, 0.4) is 0 Å². The Labute approximate surface area is 92.3 Å². The predicted octanol–water partition coefficient (Wildman–Crippen LogP) is 1.70. The number of aliphatic hydroxyl groups is 1. The topological polar surface area (TPSA) is 49.3 Å². The van der Waals surface area contributed by atoms with Gasteiger partial charge in [0.2, 0.25) is 5.91 Å². The van der Waals surface area contributed by atoms with Crippen molar-refractivity contribution < 1.29 is 9.90 Å². The molecule has 0 aromatic carbocycles. The van der Waals surface area contributed by atoms with Crippen LogP contribution in [0.1, 0.15) is 46.0 Å². The molecule has 0 radical (unpaired) electrons. The minimum absolute atomic E-state index is 0.106. The van der Waals surface area contributed by atoms with Gasteiger partial charge in [0.15, 0.2) is 0 Å². The molecule has 15 heavy (non-hydrogen) atoms. The number of hydrogen-bond acceptors (Lipinski definition) is 2. The van der Waals surface area contributed by atoms with Gasteiger partial charge in [-0.25, -0.2) is 0 Å². The second kappa shape index (κ2) is 6.11. The predicted molar refractivity (Wildman–Crippen MR) is 60.4 cm³/mol. The average Bonchev–Trinajstić information content (AvgIpc) is 3.00. The fraction of sp³-hybridized carbons (Fsp3) is 0.917. The number of carbonyl (C=O) groups excluding carboxylic acids is 1. The van der Waals surface area contributed by atoms with Crippen molar-refractivity contribution in [1.29, 1.82) is 0 Å². The quantitative estimate of drug-likeness (QED) is 0.676. The highest BCUT2D eigenvalue weighted by molar-refractivity contribution is 5.78. The highest BCUT2D eigenvalue weighted by Crippen LogP contribution is 2.34. The van der Waals surface area contributed by atoms with Crippen LogP contribution in [0.2, 0.25) is 0 Å². The number of amides is 1. The molecule has 0 saturated heterocycles. The Morgan fingerprint density at radius 2 is 2.13 bits per heavy atom. The lowest BCUT2D eigenvalue weighted by molar-refractivity contribution is -0.125. The highest BCUT2D eigenvalue weighted by Gasteiger charge is 2.32. The molecule has 1 aliphatic carbocycles. The van der Waals surface area contributed by atoms with E-state index in [0.29, 0.717) is 12.3 Å². The first-order chi connectivity index (χ1) is 7.19. The Morgan fingerprint density at radius 3 is 2.60 bits per heavy atom. The standard InChI is InChI=1S/C12H23NO2/c1-3-4-9(2)12(15)13-11(7-8-14)10-5-6-10/h9-11,14H,3-8H2,1-2H3,(H,13,15). The summed E-state index contributed by atoms with van der Waals surface area (Å²) in [6, 6.07) is 0.210. The smallest absolute Gasteiger partial charge is 0.223 e. The summed E-state index contributed by atoms with van der Waals surface area (Å²) in [5.74, 6) is 0.882. The molecule has 3 nitrogen and oxygen atoms in total. The van der Waals surface area contributed by atoms with E-state index >= 15 is 0 Å². The molecule has 1 amide bonds. The fourth-order valence-electron chi connectivity index (χ4n) is 1.95. The summed E-state index contributed by atoms with van der Waals surface area (Å²) in [5, 5.41) is 12.0. The number of rotatable bonds is 7. The maximum Gasteiger partial charge on any atom is 0.223 e. The van der Waals surface area contributed by atoms with E-state index in [1.165, 1.54) is 12.8 Å². The molecule has 3 heteroatoms. The fourth-order valence-corrected chi connectivity index (χ4v) is 1.95. The lowest BCUT2D eigenvalue weighted by Crippen LogP contribution is -2.40. The van der Waals surface area contributed by atoms with Crippen molar-refractivity contribution in [3.05, 3.63) is 0 Å². The van der Waals surface area contributed by atoms with Gasteiger partial charge in [-0.05, 0) is 31.6 Å². The van der Waals surface area contributed by atoms with Gasteiger partial charge in [-0.3, -0.25) is 4.79 Å². The molecule has 0 bridgehead atoms. The number of aliphatic hydroxyl groups excluding tert-OH is 1. The Bertz CT molecular complexity index is 202. The Hall–Kier alpha value is -0.570. The van der Waals surface area contributed by atoms with Crippen LogP contribution in [0.25, 0.3) is 0 Å². The summed E-state index contributed by atoms with van der Waals surface area (Å²) in [4.78, 5) is 11.8. The average molecular weight is 213 g/mol. The molecule has 1 fully saturated rings. The van der Waals surface area contributed by atoms with Crippen LogP contribution in [0.5, 0.6) is 0 Å². The maximum absolute atomic E-state index is 11.8. The molecule has 0 aromatic rings. The van der Waals surface area contributed by atoms with Crippen molar-refractivity contribution in [2.75, 3.05) is 6.61 Å². The molecule has 2 unspecified atom stereocenters. The van der Waals surface area contributed by atoms with E-state index < -0.39 is 0 Å². The Morgan fingerprint density at radius 1 is 1.47 bits per heavy atom. The normalized spacial score (nSPS) is 19.7. The van der Waals surface area contributed by atoms with Crippen LogP contribution < -0.4 is 5.32 Å². The number of nitrogens with one attached hydrogen (secondary N) is 1. The molecule has 2 atom stereocenters. The van der Waals surface area contributed by atoms with Gasteiger partial charge in [-0.1, -0.05) is 20.3 Å². The summed E-state index contributed by atoms with van der Waals surface area (Å²) in [7, 11) is 0. The van der Waals surface area contributed by atoms with Crippen LogP contribution in [-0.2, 0) is 4.79 Å². The molecule has 2 N–H and O–H groups in total. The van der Waals surface area contributed by atoms with Gasteiger partial charge in [0.05, 0.1) is 0 Å². The van der Waals surface area contributed by atoms with Crippen molar-refractivity contribution in [1.82, 2.24) is 5.32 Å². The van der Waals surface area contributed by atoms with Gasteiger partial charge < -0.3 is 10.4 Å². The summed E-state index contributed by atoms with van der Waals surface area (Å²) >= 11 is 0. The molecule has 88 valence electrons. The largest absolute Gasteiger partial charge is 0.396 e. The third-order valence-electron chi connectivity index (χ3n) is 3.13. The first kappa shape index (κ1) is 12.5. The number of hydrogen-bond donors (Lipinski definition) is 2. The second-order valence-corrected chi connectivity index (χ2v) is 4.65. The molecule has 1 rings (SSSR count). The van der Waals surface area contributed by atoms with Crippen molar-refractivity contribution in [3.8, 4) is 0 Å². The van der Waals surface area contributed by atoms with Crippen molar-refractivity contribution in [2.24, 2.45) is 11.8 Å². The second-order valence-electron chi connectivity index (χ2n) is 4.65. The monoisotopic (exact) mass is 213 g/mol. The Balaban J connectivity index is 2.32. The highest BCUT2D eigenvalue weighted by atomic mass is 16.3. The summed E-state index contributed by atoms with van der Waals surface area (Å²) in [5.41, 5.74) is 0. The molecule has 0 aromatic heterocycles.